The zero-order valence-corrected chi connectivity index (χ0v) is 12.1. The lowest BCUT2D eigenvalue weighted by molar-refractivity contribution is 0.626. The van der Waals surface area contributed by atoms with Crippen LogP contribution in [0.4, 0.5) is 16.0 Å². The SMILES string of the molecule is Cc1cn(-c2cc(F)ccc2Cl)c(Nc2ccccc2)n1. The average molecular weight is 302 g/mol. The Balaban J connectivity index is 2.05. The molecule has 3 nitrogen and oxygen atoms in total. The van der Waals surface area contributed by atoms with Gasteiger partial charge >= 0.3 is 0 Å². The smallest absolute Gasteiger partial charge is 0.212 e. The van der Waals surface area contributed by atoms with Crippen LogP contribution in [0.1, 0.15) is 5.69 Å². The van der Waals surface area contributed by atoms with Crippen LogP contribution >= 0.6 is 11.6 Å². The highest BCUT2D eigenvalue weighted by Crippen LogP contribution is 2.26. The van der Waals surface area contributed by atoms with E-state index in [2.05, 4.69) is 10.3 Å². The highest BCUT2D eigenvalue weighted by Gasteiger charge is 2.11. The van der Waals surface area contributed by atoms with Crippen LogP contribution in [0, 0.1) is 12.7 Å². The van der Waals surface area contributed by atoms with Gasteiger partial charge in [-0.05, 0) is 37.3 Å². The van der Waals surface area contributed by atoms with Gasteiger partial charge in [-0.2, -0.15) is 0 Å². The second kappa shape index (κ2) is 5.58. The Morgan fingerprint density at radius 1 is 1.14 bits per heavy atom. The van der Waals surface area contributed by atoms with Crippen molar-refractivity contribution in [1.29, 1.82) is 0 Å². The summed E-state index contributed by atoms with van der Waals surface area (Å²) in [5.41, 5.74) is 2.27. The monoisotopic (exact) mass is 301 g/mol. The lowest BCUT2D eigenvalue weighted by Gasteiger charge is -2.11. The van der Waals surface area contributed by atoms with Crippen LogP contribution in [0.2, 0.25) is 5.02 Å². The molecule has 0 unspecified atom stereocenters. The molecule has 21 heavy (non-hydrogen) atoms. The third-order valence-corrected chi connectivity index (χ3v) is 3.34. The molecule has 0 atom stereocenters. The zero-order chi connectivity index (χ0) is 14.8. The number of rotatable bonds is 3. The number of anilines is 2. The van der Waals surface area contributed by atoms with Crippen molar-refractivity contribution in [2.75, 3.05) is 5.32 Å². The summed E-state index contributed by atoms with van der Waals surface area (Å²) < 4.78 is 15.2. The van der Waals surface area contributed by atoms with E-state index in [0.29, 0.717) is 16.7 Å². The summed E-state index contributed by atoms with van der Waals surface area (Å²) >= 11 is 6.17. The van der Waals surface area contributed by atoms with Crippen molar-refractivity contribution >= 4 is 23.2 Å². The molecule has 0 radical (unpaired) electrons. The first kappa shape index (κ1) is 13.6. The van der Waals surface area contributed by atoms with E-state index in [-0.39, 0.29) is 5.82 Å². The predicted octanol–water partition coefficient (Wildman–Crippen LogP) is 4.72. The van der Waals surface area contributed by atoms with Gasteiger partial charge in [-0.15, -0.1) is 0 Å². The van der Waals surface area contributed by atoms with Gasteiger partial charge in [0, 0.05) is 11.9 Å². The number of imidazole rings is 1. The Labute approximate surface area is 127 Å². The van der Waals surface area contributed by atoms with Crippen molar-refractivity contribution in [3.8, 4) is 5.69 Å². The summed E-state index contributed by atoms with van der Waals surface area (Å²) in [5.74, 6) is 0.248. The van der Waals surface area contributed by atoms with Crippen molar-refractivity contribution in [2.45, 2.75) is 6.92 Å². The minimum absolute atomic E-state index is 0.341. The lowest BCUT2D eigenvalue weighted by atomic mass is 10.3. The largest absolute Gasteiger partial charge is 0.325 e. The molecule has 2 aromatic carbocycles. The standard InChI is InChI=1S/C16H13ClFN3/c1-11-10-21(15-9-12(18)7-8-14(15)17)16(19-11)20-13-5-3-2-4-6-13/h2-10H,1H3,(H,19,20). The first-order valence-corrected chi connectivity index (χ1v) is 6.85. The number of hydrogen-bond acceptors (Lipinski definition) is 2. The average Bonchev–Trinajstić information content (AvgIpc) is 2.83. The van der Waals surface area contributed by atoms with Gasteiger partial charge in [0.25, 0.3) is 0 Å². The van der Waals surface area contributed by atoms with Crippen molar-refractivity contribution in [1.82, 2.24) is 9.55 Å². The number of nitrogens with one attached hydrogen (secondary N) is 1. The Bertz CT molecular complexity index is 768. The van der Waals surface area contributed by atoms with Gasteiger partial charge in [-0.25, -0.2) is 9.37 Å². The Morgan fingerprint density at radius 2 is 1.90 bits per heavy atom. The molecule has 5 heteroatoms. The van der Waals surface area contributed by atoms with Gasteiger partial charge in [-0.3, -0.25) is 4.57 Å². The van der Waals surface area contributed by atoms with Crippen molar-refractivity contribution in [3.05, 3.63) is 71.3 Å². The molecule has 0 aliphatic carbocycles. The first-order chi connectivity index (χ1) is 10.1. The van der Waals surface area contributed by atoms with Gasteiger partial charge in [0.1, 0.15) is 5.82 Å². The van der Waals surface area contributed by atoms with Gasteiger partial charge in [-0.1, -0.05) is 29.8 Å². The van der Waals surface area contributed by atoms with E-state index in [1.54, 1.807) is 4.57 Å². The predicted molar refractivity (Wildman–Crippen MR) is 83.0 cm³/mol. The highest BCUT2D eigenvalue weighted by molar-refractivity contribution is 6.32. The van der Waals surface area contributed by atoms with Crippen LogP contribution in [0.3, 0.4) is 0 Å². The molecular weight excluding hydrogens is 289 g/mol. The summed E-state index contributed by atoms with van der Waals surface area (Å²) in [7, 11) is 0. The van der Waals surface area contributed by atoms with Crippen LogP contribution < -0.4 is 5.32 Å². The zero-order valence-electron chi connectivity index (χ0n) is 11.3. The molecule has 106 valence electrons. The molecule has 0 spiro atoms. The first-order valence-electron chi connectivity index (χ1n) is 6.47. The maximum Gasteiger partial charge on any atom is 0.212 e. The third-order valence-electron chi connectivity index (χ3n) is 3.02. The number of benzene rings is 2. The molecule has 1 aromatic heterocycles. The molecular formula is C16H13ClFN3. The summed E-state index contributed by atoms with van der Waals surface area (Å²) in [5, 5.41) is 3.67. The van der Waals surface area contributed by atoms with E-state index in [4.69, 9.17) is 11.6 Å². The molecule has 0 fully saturated rings. The molecule has 1 heterocycles. The fourth-order valence-electron chi connectivity index (χ4n) is 2.09. The number of aryl methyl sites for hydroxylation is 1. The van der Waals surface area contributed by atoms with E-state index in [1.165, 1.54) is 18.2 Å². The molecule has 1 N–H and O–H groups in total. The van der Waals surface area contributed by atoms with Gasteiger partial charge in [0.15, 0.2) is 0 Å². The fraction of sp³-hybridized carbons (Fsp3) is 0.0625. The van der Waals surface area contributed by atoms with Crippen LogP contribution in [0.25, 0.3) is 5.69 Å². The topological polar surface area (TPSA) is 29.9 Å². The Hall–Kier alpha value is -2.33. The number of nitrogens with zero attached hydrogens (tertiary/aromatic N) is 2. The maximum absolute atomic E-state index is 13.5. The molecule has 0 saturated heterocycles. The Kier molecular flexibility index (Phi) is 3.62. The minimum atomic E-state index is -0.341. The van der Waals surface area contributed by atoms with Gasteiger partial charge < -0.3 is 5.32 Å². The molecule has 0 aliphatic rings. The van der Waals surface area contributed by atoms with Crippen LogP contribution in [-0.2, 0) is 0 Å². The van der Waals surface area contributed by atoms with E-state index < -0.39 is 0 Å². The molecule has 3 rings (SSSR count). The van der Waals surface area contributed by atoms with Crippen LogP contribution in [0.5, 0.6) is 0 Å². The second-order valence-corrected chi connectivity index (χ2v) is 5.07. The van der Waals surface area contributed by atoms with Gasteiger partial charge in [0.2, 0.25) is 5.95 Å². The second-order valence-electron chi connectivity index (χ2n) is 4.66. The number of hydrogen-bond donors (Lipinski definition) is 1. The maximum atomic E-state index is 13.5. The normalized spacial score (nSPS) is 10.6. The van der Waals surface area contributed by atoms with E-state index in [9.17, 15) is 4.39 Å². The third kappa shape index (κ3) is 2.90. The fourth-order valence-corrected chi connectivity index (χ4v) is 2.30. The summed E-state index contributed by atoms with van der Waals surface area (Å²) in [6, 6.07) is 13.9. The van der Waals surface area contributed by atoms with Gasteiger partial charge in [0.05, 0.1) is 16.4 Å². The summed E-state index contributed by atoms with van der Waals surface area (Å²) in [4.78, 5) is 4.42. The van der Waals surface area contributed by atoms with Crippen LogP contribution in [0.15, 0.2) is 54.7 Å². The van der Waals surface area contributed by atoms with E-state index in [0.717, 1.165) is 11.4 Å². The van der Waals surface area contributed by atoms with Crippen molar-refractivity contribution in [2.24, 2.45) is 0 Å². The van der Waals surface area contributed by atoms with Crippen molar-refractivity contribution < 1.29 is 4.39 Å². The van der Waals surface area contributed by atoms with Crippen LogP contribution in [-0.4, -0.2) is 9.55 Å². The number of aromatic nitrogens is 2. The minimum Gasteiger partial charge on any atom is -0.325 e. The highest BCUT2D eigenvalue weighted by atomic mass is 35.5. The lowest BCUT2D eigenvalue weighted by Crippen LogP contribution is -2.02. The molecule has 0 amide bonds. The number of para-hydroxylation sites is 1. The quantitative estimate of drug-likeness (QED) is 0.759. The van der Waals surface area contributed by atoms with E-state index in [1.807, 2.05) is 43.5 Å². The summed E-state index contributed by atoms with van der Waals surface area (Å²) in [6.07, 6.45) is 1.81. The molecule has 3 aromatic rings. The Morgan fingerprint density at radius 3 is 2.67 bits per heavy atom. The van der Waals surface area contributed by atoms with Crippen molar-refractivity contribution in [3.63, 3.8) is 0 Å². The number of halogens is 2. The summed E-state index contributed by atoms with van der Waals surface area (Å²) in [6.45, 7) is 1.87. The molecule has 0 aliphatic heterocycles. The molecule has 0 saturated carbocycles. The van der Waals surface area contributed by atoms with E-state index >= 15 is 0 Å². The molecule has 0 bridgehead atoms.